The summed E-state index contributed by atoms with van der Waals surface area (Å²) in [6, 6.07) is 1.87. The molecule has 1 saturated heterocycles. The molecule has 0 aromatic rings. The van der Waals surface area contributed by atoms with Gasteiger partial charge < -0.3 is 0 Å². The molecule has 0 saturated carbocycles. The minimum atomic E-state index is -2.29. The van der Waals surface area contributed by atoms with Crippen LogP contribution in [0.25, 0.3) is 0 Å². The van der Waals surface area contributed by atoms with Crippen LogP contribution in [-0.2, 0) is 14.5 Å². The van der Waals surface area contributed by atoms with Gasteiger partial charge in [-0.2, -0.15) is 9.62 Å². The van der Waals surface area contributed by atoms with Crippen molar-refractivity contribution in [3.05, 3.63) is 0 Å². The molecule has 1 fully saturated rings. The van der Waals surface area contributed by atoms with Crippen molar-refractivity contribution in [1.29, 1.82) is 5.26 Å². The van der Waals surface area contributed by atoms with Crippen LogP contribution in [0.5, 0.6) is 0 Å². The van der Waals surface area contributed by atoms with Gasteiger partial charge in [0, 0.05) is 11.5 Å². The SMILES string of the molecule is CCC(C#N)C(=O)N=S1(=O)CCCC1. The molecular weight excluding hydrogens is 200 g/mol. The zero-order valence-corrected chi connectivity index (χ0v) is 9.05. The van der Waals surface area contributed by atoms with Crippen molar-refractivity contribution in [2.24, 2.45) is 10.3 Å². The summed E-state index contributed by atoms with van der Waals surface area (Å²) in [5.74, 6) is -0.183. The van der Waals surface area contributed by atoms with Gasteiger partial charge in [-0.15, -0.1) is 0 Å². The van der Waals surface area contributed by atoms with E-state index in [1.54, 1.807) is 6.92 Å². The molecule has 1 unspecified atom stereocenters. The molecule has 0 aliphatic carbocycles. The molecule has 0 radical (unpaired) electrons. The third-order valence-electron chi connectivity index (χ3n) is 2.30. The van der Waals surface area contributed by atoms with Gasteiger partial charge in [-0.05, 0) is 19.3 Å². The van der Waals surface area contributed by atoms with E-state index in [-0.39, 0.29) is 0 Å². The summed E-state index contributed by atoms with van der Waals surface area (Å²) in [5, 5.41) is 8.63. The fourth-order valence-corrected chi connectivity index (χ4v) is 3.55. The third-order valence-corrected chi connectivity index (χ3v) is 4.66. The first-order valence-electron chi connectivity index (χ1n) is 4.77. The predicted molar refractivity (Wildman–Crippen MR) is 53.9 cm³/mol. The zero-order chi connectivity index (χ0) is 10.6. The summed E-state index contributed by atoms with van der Waals surface area (Å²) in [4.78, 5) is 11.4. The number of hydrogen-bond donors (Lipinski definition) is 0. The van der Waals surface area contributed by atoms with E-state index >= 15 is 0 Å². The van der Waals surface area contributed by atoms with Crippen LogP contribution < -0.4 is 0 Å². The molecule has 1 amide bonds. The number of amides is 1. The number of rotatable bonds is 2. The lowest BCUT2D eigenvalue weighted by Crippen LogP contribution is -2.13. The van der Waals surface area contributed by atoms with Gasteiger partial charge in [0.25, 0.3) is 5.91 Å². The molecule has 0 aromatic heterocycles. The highest BCUT2D eigenvalue weighted by Crippen LogP contribution is 2.15. The van der Waals surface area contributed by atoms with Crippen LogP contribution in [0, 0.1) is 17.2 Å². The minimum Gasteiger partial charge on any atom is -0.270 e. The monoisotopic (exact) mass is 214 g/mol. The lowest BCUT2D eigenvalue weighted by atomic mass is 10.1. The Bertz CT molecular complexity index is 363. The second-order valence-corrected chi connectivity index (χ2v) is 5.95. The topological polar surface area (TPSA) is 70.3 Å². The van der Waals surface area contributed by atoms with Crippen molar-refractivity contribution in [2.45, 2.75) is 26.2 Å². The fourth-order valence-electron chi connectivity index (χ4n) is 1.40. The Balaban J connectivity index is 2.82. The summed E-state index contributed by atoms with van der Waals surface area (Å²) >= 11 is 0. The normalized spacial score (nSPS) is 21.1. The standard InChI is InChI=1S/C9H14N2O2S/c1-2-8(7-10)9(12)11-14(13)5-3-4-6-14/h8H,2-6H2,1H3. The van der Waals surface area contributed by atoms with Gasteiger partial charge in [0.1, 0.15) is 5.92 Å². The molecular formula is C9H14N2O2S. The molecule has 0 aromatic carbocycles. The average molecular weight is 214 g/mol. The van der Waals surface area contributed by atoms with Crippen LogP contribution in [0.2, 0.25) is 0 Å². The van der Waals surface area contributed by atoms with E-state index in [4.69, 9.17) is 5.26 Å². The molecule has 1 aliphatic heterocycles. The number of nitriles is 1. The van der Waals surface area contributed by atoms with Gasteiger partial charge in [-0.25, -0.2) is 4.21 Å². The van der Waals surface area contributed by atoms with E-state index in [1.807, 2.05) is 6.07 Å². The molecule has 1 heterocycles. The maximum atomic E-state index is 11.8. The van der Waals surface area contributed by atoms with Gasteiger partial charge in [-0.1, -0.05) is 6.92 Å². The first kappa shape index (κ1) is 11.2. The van der Waals surface area contributed by atoms with E-state index in [1.165, 1.54) is 0 Å². The van der Waals surface area contributed by atoms with E-state index < -0.39 is 21.6 Å². The maximum absolute atomic E-state index is 11.8. The van der Waals surface area contributed by atoms with Crippen LogP contribution in [0.3, 0.4) is 0 Å². The molecule has 0 bridgehead atoms. The summed E-state index contributed by atoms with van der Waals surface area (Å²) in [5.41, 5.74) is 0. The number of hydrogen-bond acceptors (Lipinski definition) is 3. The first-order valence-corrected chi connectivity index (χ1v) is 6.62. The Morgan fingerprint density at radius 2 is 2.14 bits per heavy atom. The Kier molecular flexibility index (Phi) is 3.64. The Hall–Kier alpha value is -0.890. The maximum Gasteiger partial charge on any atom is 0.271 e. The molecule has 1 atom stereocenters. The first-order chi connectivity index (χ1) is 6.61. The highest BCUT2D eigenvalue weighted by molar-refractivity contribution is 7.94. The van der Waals surface area contributed by atoms with Crippen molar-refractivity contribution in [1.82, 2.24) is 0 Å². The number of carbonyl (C=O) groups excluding carboxylic acids is 1. The molecule has 5 heteroatoms. The van der Waals surface area contributed by atoms with Gasteiger partial charge in [0.2, 0.25) is 0 Å². The molecule has 0 spiro atoms. The molecule has 0 N–H and O–H groups in total. The highest BCUT2D eigenvalue weighted by Gasteiger charge is 2.21. The summed E-state index contributed by atoms with van der Waals surface area (Å²) < 4.78 is 15.6. The number of carbonyl (C=O) groups is 1. The quantitative estimate of drug-likeness (QED) is 0.696. The molecule has 1 rings (SSSR count). The van der Waals surface area contributed by atoms with Crippen LogP contribution in [0.15, 0.2) is 4.36 Å². The molecule has 78 valence electrons. The Labute approximate surface area is 84.5 Å². The van der Waals surface area contributed by atoms with E-state index in [9.17, 15) is 9.00 Å². The summed E-state index contributed by atoms with van der Waals surface area (Å²) in [6.45, 7) is 1.75. The van der Waals surface area contributed by atoms with Crippen LogP contribution in [-0.4, -0.2) is 21.6 Å². The van der Waals surface area contributed by atoms with E-state index in [0.717, 1.165) is 12.8 Å². The molecule has 4 nitrogen and oxygen atoms in total. The van der Waals surface area contributed by atoms with E-state index in [2.05, 4.69) is 4.36 Å². The zero-order valence-electron chi connectivity index (χ0n) is 8.23. The van der Waals surface area contributed by atoms with Crippen molar-refractivity contribution >= 4 is 15.6 Å². The van der Waals surface area contributed by atoms with Crippen molar-refractivity contribution in [3.8, 4) is 6.07 Å². The van der Waals surface area contributed by atoms with Crippen molar-refractivity contribution in [2.75, 3.05) is 11.5 Å². The summed E-state index contributed by atoms with van der Waals surface area (Å²) in [6.07, 6.45) is 2.19. The van der Waals surface area contributed by atoms with Gasteiger partial charge in [-0.3, -0.25) is 4.79 Å². The Morgan fingerprint density at radius 1 is 1.57 bits per heavy atom. The van der Waals surface area contributed by atoms with Crippen molar-refractivity contribution < 1.29 is 9.00 Å². The van der Waals surface area contributed by atoms with Crippen LogP contribution in [0.1, 0.15) is 26.2 Å². The van der Waals surface area contributed by atoms with Crippen LogP contribution in [0.4, 0.5) is 0 Å². The summed E-state index contributed by atoms with van der Waals surface area (Å²) in [7, 11) is -2.29. The molecule has 1 aliphatic rings. The average Bonchev–Trinajstić information content (AvgIpc) is 2.54. The van der Waals surface area contributed by atoms with Crippen molar-refractivity contribution in [3.63, 3.8) is 0 Å². The number of nitrogens with zero attached hydrogens (tertiary/aromatic N) is 2. The second kappa shape index (κ2) is 4.56. The highest BCUT2D eigenvalue weighted by atomic mass is 32.2. The van der Waals surface area contributed by atoms with Gasteiger partial charge in [0.15, 0.2) is 0 Å². The Morgan fingerprint density at radius 3 is 2.57 bits per heavy atom. The minimum absolute atomic E-state index is 0.439. The lowest BCUT2D eigenvalue weighted by molar-refractivity contribution is -0.119. The third kappa shape index (κ3) is 2.55. The predicted octanol–water partition coefficient (Wildman–Crippen LogP) is 1.32. The lowest BCUT2D eigenvalue weighted by Gasteiger charge is -2.02. The smallest absolute Gasteiger partial charge is 0.270 e. The largest absolute Gasteiger partial charge is 0.271 e. The second-order valence-electron chi connectivity index (χ2n) is 3.41. The fraction of sp³-hybridized carbons (Fsp3) is 0.778. The van der Waals surface area contributed by atoms with E-state index in [0.29, 0.717) is 17.9 Å². The van der Waals surface area contributed by atoms with Gasteiger partial charge in [0.05, 0.1) is 15.8 Å². The van der Waals surface area contributed by atoms with Gasteiger partial charge >= 0.3 is 0 Å². The van der Waals surface area contributed by atoms with Crippen LogP contribution >= 0.6 is 0 Å². The molecule has 14 heavy (non-hydrogen) atoms.